The molecule has 96 valence electrons. The lowest BCUT2D eigenvalue weighted by Gasteiger charge is -2.94. The summed E-state index contributed by atoms with van der Waals surface area (Å²) in [5.41, 5.74) is 0. The third kappa shape index (κ3) is 0.648. The van der Waals surface area contributed by atoms with Gasteiger partial charge in [-0.1, -0.05) is 0 Å². The van der Waals surface area contributed by atoms with Crippen molar-refractivity contribution in [3.8, 4) is 0 Å². The molecule has 0 aromatic carbocycles. The monoisotopic (exact) mass is 248 g/mol. The highest BCUT2D eigenvalue weighted by atomic mass is 16.5. The van der Waals surface area contributed by atoms with Crippen molar-refractivity contribution < 1.29 is 19.1 Å². The Morgan fingerprint density at radius 2 is 0.889 bits per heavy atom. The van der Waals surface area contributed by atoms with Gasteiger partial charge in [0.1, 0.15) is 0 Å². The molecule has 0 heterocycles. The van der Waals surface area contributed by atoms with Crippen LogP contribution >= 0.6 is 0 Å². The third-order valence-electron chi connectivity index (χ3n) is 7.05. The number of ether oxygens (including phenoxy) is 2. The summed E-state index contributed by atoms with van der Waals surface area (Å²) < 4.78 is 9.90. The molecule has 4 heteroatoms. The van der Waals surface area contributed by atoms with Gasteiger partial charge < -0.3 is 9.47 Å². The highest BCUT2D eigenvalue weighted by Gasteiger charge is 2.92. The molecule has 4 nitrogen and oxygen atoms in total. The predicted octanol–water partition coefficient (Wildman–Crippen LogP) is 0.562. The smallest absolute Gasteiger partial charge is 0.309 e. The Balaban J connectivity index is 1.56. The van der Waals surface area contributed by atoms with E-state index in [1.807, 2.05) is 0 Å². The summed E-state index contributed by atoms with van der Waals surface area (Å²) >= 11 is 0. The average molecular weight is 248 g/mol. The van der Waals surface area contributed by atoms with Gasteiger partial charge in [0.2, 0.25) is 0 Å². The lowest BCUT2D eigenvalue weighted by atomic mass is 9.09. The zero-order valence-corrected chi connectivity index (χ0v) is 10.4. The number of hydrogen-bond acceptors (Lipinski definition) is 4. The van der Waals surface area contributed by atoms with Gasteiger partial charge in [-0.25, -0.2) is 0 Å². The Morgan fingerprint density at radius 3 is 1.17 bits per heavy atom. The molecule has 2 bridgehead atoms. The Kier molecular flexibility index (Phi) is 1.42. The molecule has 0 saturated heterocycles. The second kappa shape index (κ2) is 2.61. The second-order valence-corrected chi connectivity index (χ2v) is 6.72. The van der Waals surface area contributed by atoms with Crippen molar-refractivity contribution in [2.45, 2.75) is 0 Å². The van der Waals surface area contributed by atoms with Gasteiger partial charge in [0, 0.05) is 0 Å². The van der Waals surface area contributed by atoms with E-state index in [-0.39, 0.29) is 23.8 Å². The molecule has 0 radical (unpaired) electrons. The molecular formula is C14H16O4. The van der Waals surface area contributed by atoms with E-state index in [9.17, 15) is 9.59 Å². The molecular weight excluding hydrogens is 232 g/mol. The van der Waals surface area contributed by atoms with Crippen LogP contribution in [0.5, 0.6) is 0 Å². The zero-order chi connectivity index (χ0) is 12.3. The molecule has 0 aromatic heterocycles. The summed E-state index contributed by atoms with van der Waals surface area (Å²) in [6.45, 7) is 0. The number of rotatable bonds is 2. The molecule has 0 spiro atoms. The standard InChI is InChI=1S/C14H16O4/c1-17-13(15)11-9-5-3-4-7(5)10(8(4)6(3)9)12(11)14(16)18-2/h3-12H,1-2H3/t3?,4?,5-,6-,7+,8+,9?,10?,11-,12-/m0/s1. The highest BCUT2D eigenvalue weighted by molar-refractivity contribution is 5.84. The minimum absolute atomic E-state index is 0.189. The van der Waals surface area contributed by atoms with E-state index in [4.69, 9.17) is 9.47 Å². The predicted molar refractivity (Wildman–Crippen MR) is 58.9 cm³/mol. The molecule has 6 aliphatic carbocycles. The molecule has 6 rings (SSSR count). The zero-order valence-electron chi connectivity index (χ0n) is 10.4. The molecule has 0 unspecified atom stereocenters. The van der Waals surface area contributed by atoms with Gasteiger partial charge in [-0.2, -0.15) is 0 Å². The number of hydrogen-bond donors (Lipinski definition) is 0. The van der Waals surface area contributed by atoms with Crippen molar-refractivity contribution in [2.75, 3.05) is 14.2 Å². The van der Waals surface area contributed by atoms with Crippen molar-refractivity contribution in [2.24, 2.45) is 59.2 Å². The fraction of sp³-hybridized carbons (Fsp3) is 0.857. The summed E-state index contributed by atoms with van der Waals surface area (Å²) in [6, 6.07) is 0. The van der Waals surface area contributed by atoms with Crippen LogP contribution in [0.4, 0.5) is 0 Å². The van der Waals surface area contributed by atoms with Crippen LogP contribution in [0.3, 0.4) is 0 Å². The van der Waals surface area contributed by atoms with Crippen LogP contribution in [0.1, 0.15) is 0 Å². The Bertz CT molecular complexity index is 422. The van der Waals surface area contributed by atoms with Crippen LogP contribution < -0.4 is 0 Å². The average Bonchev–Trinajstić information content (AvgIpc) is 2.36. The molecule has 0 aromatic rings. The van der Waals surface area contributed by atoms with Crippen molar-refractivity contribution in [3.63, 3.8) is 0 Å². The van der Waals surface area contributed by atoms with E-state index in [2.05, 4.69) is 0 Å². The van der Waals surface area contributed by atoms with Crippen LogP contribution in [0, 0.1) is 59.2 Å². The summed E-state index contributed by atoms with van der Waals surface area (Å²) in [5.74, 6) is 4.81. The molecule has 0 amide bonds. The largest absolute Gasteiger partial charge is 0.469 e. The van der Waals surface area contributed by atoms with Gasteiger partial charge in [-0.05, 0) is 47.3 Å². The Labute approximate surface area is 105 Å². The molecule has 6 atom stereocenters. The number of esters is 2. The molecule has 0 aliphatic heterocycles. The summed E-state index contributed by atoms with van der Waals surface area (Å²) in [4.78, 5) is 24.1. The highest BCUT2D eigenvalue weighted by Crippen LogP contribution is 2.93. The summed E-state index contributed by atoms with van der Waals surface area (Å²) in [7, 11) is 2.86. The second-order valence-electron chi connectivity index (χ2n) is 6.72. The Morgan fingerprint density at radius 1 is 0.611 bits per heavy atom. The van der Waals surface area contributed by atoms with Crippen LogP contribution in [0.25, 0.3) is 0 Å². The van der Waals surface area contributed by atoms with Gasteiger partial charge in [-0.15, -0.1) is 0 Å². The third-order valence-corrected chi connectivity index (χ3v) is 7.05. The fourth-order valence-corrected chi connectivity index (χ4v) is 6.87. The topological polar surface area (TPSA) is 52.6 Å². The molecule has 6 aliphatic rings. The first-order valence-electron chi connectivity index (χ1n) is 6.88. The van der Waals surface area contributed by atoms with Crippen molar-refractivity contribution in [1.82, 2.24) is 0 Å². The van der Waals surface area contributed by atoms with Gasteiger partial charge in [-0.3, -0.25) is 9.59 Å². The minimum atomic E-state index is -0.215. The molecule has 6 saturated carbocycles. The number of carbonyl (C=O) groups excluding carboxylic acids is 2. The van der Waals surface area contributed by atoms with E-state index < -0.39 is 0 Å². The first-order chi connectivity index (χ1) is 8.72. The van der Waals surface area contributed by atoms with Crippen LogP contribution in [0.15, 0.2) is 0 Å². The van der Waals surface area contributed by atoms with Crippen molar-refractivity contribution >= 4 is 11.9 Å². The maximum absolute atomic E-state index is 12.1. The SMILES string of the molecule is COC(=O)[C@H]1C2[C@H]3C4C5[C@H]3C([C@H]5[C@H]42)[C@@H]1C(=O)OC. The van der Waals surface area contributed by atoms with Crippen molar-refractivity contribution in [3.05, 3.63) is 0 Å². The lowest BCUT2D eigenvalue weighted by Crippen LogP contribution is -2.93. The number of carbonyl (C=O) groups is 2. The molecule has 0 N–H and O–H groups in total. The maximum Gasteiger partial charge on any atom is 0.309 e. The Hall–Kier alpha value is -1.06. The van der Waals surface area contributed by atoms with E-state index in [0.717, 1.165) is 35.5 Å². The van der Waals surface area contributed by atoms with Crippen LogP contribution in [-0.2, 0) is 19.1 Å². The summed E-state index contributed by atoms with van der Waals surface area (Å²) in [5, 5.41) is 0. The molecule has 6 fully saturated rings. The fourth-order valence-electron chi connectivity index (χ4n) is 6.87. The van der Waals surface area contributed by atoms with Crippen molar-refractivity contribution in [1.29, 1.82) is 0 Å². The van der Waals surface area contributed by atoms with Crippen LogP contribution in [0.2, 0.25) is 0 Å². The maximum atomic E-state index is 12.1. The summed E-state index contributed by atoms with van der Waals surface area (Å²) in [6.07, 6.45) is 0. The first kappa shape index (κ1) is 9.82. The van der Waals surface area contributed by atoms with Crippen LogP contribution in [-0.4, -0.2) is 26.2 Å². The van der Waals surface area contributed by atoms with E-state index in [1.54, 1.807) is 0 Å². The number of fused-ring (bicyclic) bond motifs is 1. The first-order valence-corrected chi connectivity index (χ1v) is 6.88. The van der Waals surface area contributed by atoms with Gasteiger partial charge in [0.15, 0.2) is 0 Å². The van der Waals surface area contributed by atoms with E-state index >= 15 is 0 Å². The lowest BCUT2D eigenvalue weighted by molar-refractivity contribution is -0.479. The van der Waals surface area contributed by atoms with Gasteiger partial charge in [0.05, 0.1) is 26.1 Å². The minimum Gasteiger partial charge on any atom is -0.469 e. The normalized spacial score (nSPS) is 63.4. The van der Waals surface area contributed by atoms with Gasteiger partial charge in [0.25, 0.3) is 0 Å². The van der Waals surface area contributed by atoms with Gasteiger partial charge >= 0.3 is 11.9 Å². The number of methoxy groups -OCH3 is 2. The van der Waals surface area contributed by atoms with E-state index in [1.165, 1.54) is 14.2 Å². The van der Waals surface area contributed by atoms with E-state index in [0.29, 0.717) is 11.8 Å². The quantitative estimate of drug-likeness (QED) is 0.670. The molecule has 18 heavy (non-hydrogen) atoms.